The number of ether oxygens (including phenoxy) is 1. The van der Waals surface area contributed by atoms with Crippen LogP contribution in [0.4, 0.5) is 5.82 Å². The minimum absolute atomic E-state index is 0.0497. The number of aliphatic hydroxyl groups excluding tert-OH is 1. The standard InChI is InChI=1S/C21H28N4O3/c1-16-2-7-19(20(22)23-16)17-3-5-18(6-4-17)21(27)25-10-8-24(9-11-25)12-14-28-15-13-26/h2-7,26H,8-15H2,1H3,(H2,22,23). The van der Waals surface area contributed by atoms with Crippen molar-refractivity contribution >= 4 is 11.7 Å². The second-order valence-electron chi connectivity index (χ2n) is 6.93. The highest BCUT2D eigenvalue weighted by Gasteiger charge is 2.22. The molecule has 3 rings (SSSR count). The maximum atomic E-state index is 12.8. The van der Waals surface area contributed by atoms with Crippen LogP contribution in [-0.2, 0) is 4.74 Å². The van der Waals surface area contributed by atoms with Crippen LogP contribution in [0, 0.1) is 6.92 Å². The second kappa shape index (κ2) is 9.64. The topological polar surface area (TPSA) is 91.9 Å². The van der Waals surface area contributed by atoms with Crippen molar-refractivity contribution in [3.8, 4) is 11.1 Å². The lowest BCUT2D eigenvalue weighted by molar-refractivity contribution is 0.0486. The van der Waals surface area contributed by atoms with Crippen molar-refractivity contribution in [2.75, 3.05) is 58.3 Å². The summed E-state index contributed by atoms with van der Waals surface area (Å²) in [5.74, 6) is 0.552. The average Bonchev–Trinajstić information content (AvgIpc) is 2.71. The Kier molecular flexibility index (Phi) is 6.97. The molecular formula is C21H28N4O3. The van der Waals surface area contributed by atoms with Gasteiger partial charge in [-0.15, -0.1) is 0 Å². The Hall–Kier alpha value is -2.48. The van der Waals surface area contributed by atoms with Gasteiger partial charge in [-0.3, -0.25) is 9.69 Å². The second-order valence-corrected chi connectivity index (χ2v) is 6.93. The number of amides is 1. The van der Waals surface area contributed by atoms with Gasteiger partial charge >= 0.3 is 0 Å². The Morgan fingerprint density at radius 3 is 2.46 bits per heavy atom. The molecule has 1 amide bonds. The molecule has 3 N–H and O–H groups in total. The van der Waals surface area contributed by atoms with Crippen molar-refractivity contribution in [3.05, 3.63) is 47.7 Å². The van der Waals surface area contributed by atoms with E-state index in [1.165, 1.54) is 0 Å². The van der Waals surface area contributed by atoms with Crippen LogP contribution >= 0.6 is 0 Å². The first-order valence-electron chi connectivity index (χ1n) is 9.62. The Morgan fingerprint density at radius 1 is 1.11 bits per heavy atom. The number of pyridine rings is 1. The van der Waals surface area contributed by atoms with Gasteiger partial charge in [-0.25, -0.2) is 4.98 Å². The molecule has 0 saturated carbocycles. The van der Waals surface area contributed by atoms with E-state index in [9.17, 15) is 4.79 Å². The van der Waals surface area contributed by atoms with E-state index in [1.807, 2.05) is 48.2 Å². The third-order valence-electron chi connectivity index (χ3n) is 4.95. The zero-order valence-electron chi connectivity index (χ0n) is 16.3. The smallest absolute Gasteiger partial charge is 0.253 e. The van der Waals surface area contributed by atoms with Crippen LogP contribution in [-0.4, -0.2) is 78.3 Å². The molecule has 1 aliphatic heterocycles. The van der Waals surface area contributed by atoms with Crippen molar-refractivity contribution in [2.45, 2.75) is 6.92 Å². The van der Waals surface area contributed by atoms with Crippen LogP contribution in [0.2, 0.25) is 0 Å². The van der Waals surface area contributed by atoms with Crippen LogP contribution < -0.4 is 5.73 Å². The molecule has 7 nitrogen and oxygen atoms in total. The van der Waals surface area contributed by atoms with Gasteiger partial charge < -0.3 is 20.5 Å². The van der Waals surface area contributed by atoms with Crippen LogP contribution in [0.3, 0.4) is 0 Å². The molecule has 2 heterocycles. The van der Waals surface area contributed by atoms with E-state index in [0.29, 0.717) is 37.7 Å². The fraction of sp³-hybridized carbons (Fsp3) is 0.429. The molecule has 1 fully saturated rings. The maximum Gasteiger partial charge on any atom is 0.253 e. The van der Waals surface area contributed by atoms with Gasteiger partial charge in [0.15, 0.2) is 0 Å². The number of anilines is 1. The maximum absolute atomic E-state index is 12.8. The van der Waals surface area contributed by atoms with Gasteiger partial charge in [0.1, 0.15) is 5.82 Å². The van der Waals surface area contributed by atoms with Gasteiger partial charge in [-0.1, -0.05) is 12.1 Å². The Bertz CT molecular complexity index is 787. The van der Waals surface area contributed by atoms with Gasteiger partial charge in [0.25, 0.3) is 5.91 Å². The number of piperazine rings is 1. The van der Waals surface area contributed by atoms with Gasteiger partial charge in [0.05, 0.1) is 19.8 Å². The highest BCUT2D eigenvalue weighted by molar-refractivity contribution is 5.95. The molecule has 150 valence electrons. The number of benzene rings is 1. The number of hydrogen-bond acceptors (Lipinski definition) is 6. The molecule has 2 aromatic rings. The van der Waals surface area contributed by atoms with E-state index in [-0.39, 0.29) is 12.5 Å². The van der Waals surface area contributed by atoms with Crippen molar-refractivity contribution < 1.29 is 14.6 Å². The highest BCUT2D eigenvalue weighted by atomic mass is 16.5. The molecule has 0 unspecified atom stereocenters. The summed E-state index contributed by atoms with van der Waals surface area (Å²) in [5, 5.41) is 8.72. The third kappa shape index (κ3) is 5.07. The Morgan fingerprint density at radius 2 is 1.82 bits per heavy atom. The molecule has 0 aliphatic carbocycles. The van der Waals surface area contributed by atoms with Crippen LogP contribution in [0.1, 0.15) is 16.1 Å². The highest BCUT2D eigenvalue weighted by Crippen LogP contribution is 2.25. The molecule has 0 bridgehead atoms. The molecule has 0 spiro atoms. The molecule has 0 radical (unpaired) electrons. The van der Waals surface area contributed by atoms with E-state index >= 15 is 0 Å². The number of nitrogens with two attached hydrogens (primary N) is 1. The minimum Gasteiger partial charge on any atom is -0.394 e. The summed E-state index contributed by atoms with van der Waals surface area (Å²) in [6.07, 6.45) is 0. The fourth-order valence-corrected chi connectivity index (χ4v) is 3.33. The van der Waals surface area contributed by atoms with Crippen LogP contribution in [0.25, 0.3) is 11.1 Å². The van der Waals surface area contributed by atoms with Gasteiger partial charge in [0, 0.05) is 49.5 Å². The number of nitrogens with zero attached hydrogens (tertiary/aromatic N) is 3. The lowest BCUT2D eigenvalue weighted by Crippen LogP contribution is -2.49. The molecule has 28 heavy (non-hydrogen) atoms. The first kappa shape index (κ1) is 20.3. The summed E-state index contributed by atoms with van der Waals surface area (Å²) in [7, 11) is 0. The predicted octanol–water partition coefficient (Wildman–Crippen LogP) is 1.41. The summed E-state index contributed by atoms with van der Waals surface area (Å²) in [6.45, 7) is 6.83. The lowest BCUT2D eigenvalue weighted by atomic mass is 10.0. The van der Waals surface area contributed by atoms with Gasteiger partial charge in [-0.2, -0.15) is 0 Å². The van der Waals surface area contributed by atoms with Crippen molar-refractivity contribution in [3.63, 3.8) is 0 Å². The summed E-state index contributed by atoms with van der Waals surface area (Å²) in [5.41, 5.74) is 9.41. The first-order chi connectivity index (χ1) is 13.6. The van der Waals surface area contributed by atoms with Crippen LogP contribution in [0.5, 0.6) is 0 Å². The normalized spacial score (nSPS) is 15.0. The zero-order valence-corrected chi connectivity index (χ0v) is 16.3. The fourth-order valence-electron chi connectivity index (χ4n) is 3.33. The quantitative estimate of drug-likeness (QED) is 0.701. The molecule has 1 aromatic carbocycles. The van der Waals surface area contributed by atoms with Crippen LogP contribution in [0.15, 0.2) is 36.4 Å². The summed E-state index contributed by atoms with van der Waals surface area (Å²) >= 11 is 0. The van der Waals surface area contributed by atoms with E-state index in [4.69, 9.17) is 15.6 Å². The lowest BCUT2D eigenvalue weighted by Gasteiger charge is -2.34. The van der Waals surface area contributed by atoms with Gasteiger partial charge in [0.2, 0.25) is 0 Å². The number of carbonyl (C=O) groups excluding carboxylic acids is 1. The minimum atomic E-state index is 0.0497. The van der Waals surface area contributed by atoms with E-state index in [1.54, 1.807) is 0 Å². The summed E-state index contributed by atoms with van der Waals surface area (Å²) < 4.78 is 5.31. The number of aromatic nitrogens is 1. The zero-order chi connectivity index (χ0) is 19.9. The largest absolute Gasteiger partial charge is 0.394 e. The third-order valence-corrected chi connectivity index (χ3v) is 4.95. The van der Waals surface area contributed by atoms with Crippen molar-refractivity contribution in [1.82, 2.24) is 14.8 Å². The summed E-state index contributed by atoms with van der Waals surface area (Å²) in [4.78, 5) is 21.2. The number of aliphatic hydroxyl groups is 1. The van der Waals surface area contributed by atoms with Crippen molar-refractivity contribution in [2.24, 2.45) is 0 Å². The number of carbonyl (C=O) groups is 1. The monoisotopic (exact) mass is 384 g/mol. The van der Waals surface area contributed by atoms with Gasteiger partial charge in [-0.05, 0) is 36.8 Å². The number of hydrogen-bond donors (Lipinski definition) is 2. The number of nitrogen functional groups attached to an aromatic ring is 1. The SMILES string of the molecule is Cc1ccc(-c2ccc(C(=O)N3CCN(CCOCCO)CC3)cc2)c(N)n1. The van der Waals surface area contributed by atoms with E-state index in [0.717, 1.165) is 36.5 Å². The summed E-state index contributed by atoms with van der Waals surface area (Å²) in [6, 6.07) is 11.4. The Labute approximate surface area is 165 Å². The molecule has 0 atom stereocenters. The molecule has 1 aliphatic rings. The average molecular weight is 384 g/mol. The molecular weight excluding hydrogens is 356 g/mol. The molecule has 1 saturated heterocycles. The molecule has 1 aromatic heterocycles. The van der Waals surface area contributed by atoms with E-state index < -0.39 is 0 Å². The number of aryl methyl sites for hydroxylation is 1. The number of rotatable bonds is 7. The molecule has 7 heteroatoms. The first-order valence-corrected chi connectivity index (χ1v) is 9.62. The van der Waals surface area contributed by atoms with E-state index in [2.05, 4.69) is 9.88 Å². The Balaban J connectivity index is 1.55. The van der Waals surface area contributed by atoms with Crippen molar-refractivity contribution in [1.29, 1.82) is 0 Å². The predicted molar refractivity (Wildman–Crippen MR) is 109 cm³/mol.